The van der Waals surface area contributed by atoms with Crippen LogP contribution in [0.5, 0.6) is 0 Å². The normalized spacial score (nSPS) is 10.6. The average molecular weight is 331 g/mol. The molecule has 0 aliphatic carbocycles. The second-order valence-corrected chi connectivity index (χ2v) is 6.12. The molecule has 6 heteroatoms. The lowest BCUT2D eigenvalue weighted by Crippen LogP contribution is -2.34. The number of nitrogens with one attached hydrogen (secondary N) is 1. The third-order valence-electron chi connectivity index (χ3n) is 2.84. The molecule has 4 nitrogen and oxygen atoms in total. The van der Waals surface area contributed by atoms with Crippen LogP contribution in [0, 0.1) is 5.92 Å². The highest BCUT2D eigenvalue weighted by atomic mass is 35.5. The van der Waals surface area contributed by atoms with E-state index in [2.05, 4.69) is 5.32 Å². The molecule has 0 radical (unpaired) electrons. The number of carbonyl (C=O) groups is 2. The molecule has 1 N–H and O–H groups in total. The molecule has 1 aromatic rings. The standard InChI is InChI=1S/C15H20Cl2N2O2/c1-10(2)9-19(11(3)20)7-6-15(21)18-14-8-12(16)4-5-13(14)17/h4-5,8,10H,6-7,9H2,1-3H3,(H,18,21). The molecule has 116 valence electrons. The quantitative estimate of drug-likeness (QED) is 0.861. The molecule has 0 saturated carbocycles. The number of hydrogen-bond donors (Lipinski definition) is 1. The van der Waals surface area contributed by atoms with Gasteiger partial charge >= 0.3 is 0 Å². The predicted octanol–water partition coefficient (Wildman–Crippen LogP) is 3.83. The maximum Gasteiger partial charge on any atom is 0.226 e. The number of amides is 2. The summed E-state index contributed by atoms with van der Waals surface area (Å²) in [5.41, 5.74) is 0.479. The Labute approximate surface area is 135 Å². The van der Waals surface area contributed by atoms with Gasteiger partial charge < -0.3 is 10.2 Å². The fourth-order valence-corrected chi connectivity index (χ4v) is 2.20. The SMILES string of the molecule is CC(=O)N(CCC(=O)Nc1cc(Cl)ccc1Cl)CC(C)C. The summed E-state index contributed by atoms with van der Waals surface area (Å²) in [5.74, 6) is 0.130. The van der Waals surface area contributed by atoms with Crippen LogP contribution < -0.4 is 5.32 Å². The van der Waals surface area contributed by atoms with Crippen LogP contribution in [-0.2, 0) is 9.59 Å². The van der Waals surface area contributed by atoms with Crippen LogP contribution in [0.3, 0.4) is 0 Å². The molecule has 0 fully saturated rings. The molecular weight excluding hydrogens is 311 g/mol. The fraction of sp³-hybridized carbons (Fsp3) is 0.467. The van der Waals surface area contributed by atoms with E-state index in [0.29, 0.717) is 34.7 Å². The zero-order valence-electron chi connectivity index (χ0n) is 12.5. The van der Waals surface area contributed by atoms with Gasteiger partial charge in [0.25, 0.3) is 0 Å². The van der Waals surface area contributed by atoms with Gasteiger partial charge in [-0.25, -0.2) is 0 Å². The third kappa shape index (κ3) is 6.36. The third-order valence-corrected chi connectivity index (χ3v) is 3.41. The molecule has 0 spiro atoms. The van der Waals surface area contributed by atoms with Gasteiger partial charge in [-0.1, -0.05) is 37.0 Å². The molecule has 0 bridgehead atoms. The molecule has 0 aromatic heterocycles. The van der Waals surface area contributed by atoms with Gasteiger partial charge in [-0.2, -0.15) is 0 Å². The van der Waals surface area contributed by atoms with E-state index in [9.17, 15) is 9.59 Å². The number of benzene rings is 1. The fourth-order valence-electron chi connectivity index (χ4n) is 1.86. The number of carbonyl (C=O) groups excluding carboxylic acids is 2. The van der Waals surface area contributed by atoms with Crippen LogP contribution in [0.1, 0.15) is 27.2 Å². The second-order valence-electron chi connectivity index (χ2n) is 5.28. The lowest BCUT2D eigenvalue weighted by Gasteiger charge is -2.22. The van der Waals surface area contributed by atoms with Crippen LogP contribution >= 0.6 is 23.2 Å². The van der Waals surface area contributed by atoms with Gasteiger partial charge in [-0.3, -0.25) is 9.59 Å². The highest BCUT2D eigenvalue weighted by Gasteiger charge is 2.13. The Balaban J connectivity index is 2.57. The van der Waals surface area contributed by atoms with Crippen molar-refractivity contribution in [1.29, 1.82) is 0 Å². The first-order valence-electron chi connectivity index (χ1n) is 6.80. The molecule has 0 atom stereocenters. The Morgan fingerprint density at radius 2 is 1.95 bits per heavy atom. The van der Waals surface area contributed by atoms with Crippen molar-refractivity contribution in [3.8, 4) is 0 Å². The van der Waals surface area contributed by atoms with Crippen molar-refractivity contribution in [3.63, 3.8) is 0 Å². The van der Waals surface area contributed by atoms with Gasteiger partial charge in [-0.15, -0.1) is 0 Å². The van der Waals surface area contributed by atoms with Crippen molar-refractivity contribution in [2.24, 2.45) is 5.92 Å². The van der Waals surface area contributed by atoms with Gasteiger partial charge in [0.05, 0.1) is 10.7 Å². The summed E-state index contributed by atoms with van der Waals surface area (Å²) in [7, 11) is 0. The number of hydrogen-bond acceptors (Lipinski definition) is 2. The zero-order chi connectivity index (χ0) is 16.0. The summed E-state index contributed by atoms with van der Waals surface area (Å²) in [4.78, 5) is 25.1. The first-order chi connectivity index (χ1) is 9.79. The van der Waals surface area contributed by atoms with Crippen molar-refractivity contribution >= 4 is 40.7 Å². The Bertz CT molecular complexity index is 518. The van der Waals surface area contributed by atoms with E-state index in [1.165, 1.54) is 6.92 Å². The number of anilines is 1. The van der Waals surface area contributed by atoms with Gasteiger partial charge in [0.15, 0.2) is 0 Å². The molecule has 1 aromatic carbocycles. The minimum atomic E-state index is -0.200. The van der Waals surface area contributed by atoms with E-state index in [4.69, 9.17) is 23.2 Å². The zero-order valence-corrected chi connectivity index (χ0v) is 14.0. The van der Waals surface area contributed by atoms with Crippen molar-refractivity contribution in [1.82, 2.24) is 4.90 Å². The van der Waals surface area contributed by atoms with E-state index in [0.717, 1.165) is 0 Å². The first kappa shape index (κ1) is 17.8. The van der Waals surface area contributed by atoms with Gasteiger partial charge in [0, 0.05) is 31.5 Å². The second kappa shape index (κ2) is 8.25. The molecule has 2 amide bonds. The largest absolute Gasteiger partial charge is 0.342 e. The molecular formula is C15H20Cl2N2O2. The van der Waals surface area contributed by atoms with Crippen LogP contribution in [0.15, 0.2) is 18.2 Å². The smallest absolute Gasteiger partial charge is 0.226 e. The van der Waals surface area contributed by atoms with E-state index >= 15 is 0 Å². The van der Waals surface area contributed by atoms with Gasteiger partial charge in [-0.05, 0) is 24.1 Å². The highest BCUT2D eigenvalue weighted by molar-refractivity contribution is 6.35. The van der Waals surface area contributed by atoms with E-state index in [1.54, 1.807) is 23.1 Å². The monoisotopic (exact) mass is 330 g/mol. The molecule has 21 heavy (non-hydrogen) atoms. The number of rotatable bonds is 6. The van der Waals surface area contributed by atoms with Crippen molar-refractivity contribution in [2.45, 2.75) is 27.2 Å². The lowest BCUT2D eigenvalue weighted by atomic mass is 10.2. The lowest BCUT2D eigenvalue weighted by molar-refractivity contribution is -0.129. The molecule has 0 heterocycles. The van der Waals surface area contributed by atoms with Crippen LogP contribution in [-0.4, -0.2) is 29.8 Å². The molecule has 0 unspecified atom stereocenters. The maximum absolute atomic E-state index is 11.9. The first-order valence-corrected chi connectivity index (χ1v) is 7.55. The Morgan fingerprint density at radius 3 is 2.52 bits per heavy atom. The van der Waals surface area contributed by atoms with Gasteiger partial charge in [0.2, 0.25) is 11.8 Å². The van der Waals surface area contributed by atoms with Gasteiger partial charge in [0.1, 0.15) is 0 Å². The summed E-state index contributed by atoms with van der Waals surface area (Å²) < 4.78 is 0. The number of nitrogens with zero attached hydrogens (tertiary/aromatic N) is 1. The summed E-state index contributed by atoms with van der Waals surface area (Å²) in [6, 6.07) is 4.87. The maximum atomic E-state index is 11.9. The molecule has 1 rings (SSSR count). The average Bonchev–Trinajstić information content (AvgIpc) is 2.38. The molecule has 0 aliphatic rings. The van der Waals surface area contributed by atoms with Crippen molar-refractivity contribution in [2.75, 3.05) is 18.4 Å². The Kier molecular flexibility index (Phi) is 6.99. The van der Waals surface area contributed by atoms with E-state index < -0.39 is 0 Å². The van der Waals surface area contributed by atoms with E-state index in [1.807, 2.05) is 13.8 Å². The molecule has 0 aliphatic heterocycles. The summed E-state index contributed by atoms with van der Waals surface area (Å²) in [6.07, 6.45) is 0.217. The number of halogens is 2. The summed E-state index contributed by atoms with van der Waals surface area (Å²) >= 11 is 11.8. The Morgan fingerprint density at radius 1 is 1.29 bits per heavy atom. The van der Waals surface area contributed by atoms with Crippen LogP contribution in [0.2, 0.25) is 10.0 Å². The highest BCUT2D eigenvalue weighted by Crippen LogP contribution is 2.25. The van der Waals surface area contributed by atoms with Crippen LogP contribution in [0.4, 0.5) is 5.69 Å². The minimum absolute atomic E-state index is 0.0303. The van der Waals surface area contributed by atoms with Crippen molar-refractivity contribution < 1.29 is 9.59 Å². The predicted molar refractivity (Wildman–Crippen MR) is 86.8 cm³/mol. The minimum Gasteiger partial charge on any atom is -0.342 e. The molecule has 0 saturated heterocycles. The van der Waals surface area contributed by atoms with Crippen molar-refractivity contribution in [3.05, 3.63) is 28.2 Å². The van der Waals surface area contributed by atoms with E-state index in [-0.39, 0.29) is 18.2 Å². The van der Waals surface area contributed by atoms with Crippen LogP contribution in [0.25, 0.3) is 0 Å². The summed E-state index contributed by atoms with van der Waals surface area (Å²) in [5, 5.41) is 3.63. The summed E-state index contributed by atoms with van der Waals surface area (Å²) in [6.45, 7) is 6.59. The topological polar surface area (TPSA) is 49.4 Å². The Hall–Kier alpha value is -1.26.